The van der Waals surface area contributed by atoms with Crippen LogP contribution in [0.25, 0.3) is 11.2 Å². The van der Waals surface area contributed by atoms with Crippen LogP contribution in [0.2, 0.25) is 10.3 Å². The molecule has 0 aliphatic carbocycles. The maximum absolute atomic E-state index is 11.4. The second-order valence-electron chi connectivity index (χ2n) is 10.8. The largest absolute Gasteiger partial charge is 0.411 e. The predicted molar refractivity (Wildman–Crippen MR) is 156 cm³/mol. The molecule has 1 aliphatic rings. The Hall–Kier alpha value is -3.79. The highest BCUT2D eigenvalue weighted by atomic mass is 35.5. The highest BCUT2D eigenvalue weighted by Crippen LogP contribution is 2.40. The molecule has 0 unspecified atom stereocenters. The first-order chi connectivity index (χ1) is 19.6. The molecule has 2 aromatic heterocycles. The number of carbonyl (C=O) groups is 1. The maximum atomic E-state index is 11.4. The van der Waals surface area contributed by atoms with E-state index in [0.717, 1.165) is 10.4 Å². The first kappa shape index (κ1) is 28.7. The molecule has 41 heavy (non-hydrogen) atoms. The van der Waals surface area contributed by atoms with Crippen molar-refractivity contribution in [2.75, 3.05) is 6.61 Å². The van der Waals surface area contributed by atoms with E-state index >= 15 is 0 Å². The highest BCUT2D eigenvalue weighted by molar-refractivity contribution is 6.99. The fourth-order valence-electron chi connectivity index (χ4n) is 5.51. The third-order valence-electron chi connectivity index (χ3n) is 7.28. The van der Waals surface area contributed by atoms with E-state index in [4.69, 9.17) is 37.7 Å². The Morgan fingerprint density at radius 1 is 1.15 bits per heavy atom. The summed E-state index contributed by atoms with van der Waals surface area (Å²) in [6, 6.07) is 20.4. The average Bonchev–Trinajstić information content (AvgIpc) is 3.49. The lowest BCUT2D eigenvalue weighted by Crippen LogP contribution is -2.67. The Balaban J connectivity index is 1.51. The van der Waals surface area contributed by atoms with Gasteiger partial charge in [0.05, 0.1) is 25.0 Å². The van der Waals surface area contributed by atoms with Crippen LogP contribution in [0.15, 0.2) is 67.0 Å². The van der Waals surface area contributed by atoms with Gasteiger partial charge in [-0.25, -0.2) is 9.78 Å². The Bertz CT molecular complexity index is 1550. The summed E-state index contributed by atoms with van der Waals surface area (Å²) < 4.78 is 19.8. The Morgan fingerprint density at radius 3 is 2.29 bits per heavy atom. The molecule has 5 rings (SSSR count). The molecule has 10 nitrogen and oxygen atoms in total. The van der Waals surface area contributed by atoms with Gasteiger partial charge in [-0.1, -0.05) is 87.4 Å². The molecule has 0 spiro atoms. The van der Waals surface area contributed by atoms with E-state index in [1.54, 1.807) is 0 Å². The number of terminal acetylenes is 1. The number of aromatic nitrogens is 4. The molecule has 1 aliphatic heterocycles. The van der Waals surface area contributed by atoms with E-state index in [1.807, 2.05) is 36.4 Å². The molecule has 4 aromatic rings. The fourth-order valence-corrected chi connectivity index (χ4v) is 10.2. The number of nitrogens with two attached hydrogens (primary N) is 1. The van der Waals surface area contributed by atoms with Crippen molar-refractivity contribution in [1.82, 2.24) is 19.5 Å². The summed E-state index contributed by atoms with van der Waals surface area (Å²) >= 11 is 6.08. The van der Waals surface area contributed by atoms with Gasteiger partial charge >= 0.3 is 6.09 Å². The van der Waals surface area contributed by atoms with Crippen molar-refractivity contribution in [2.24, 2.45) is 11.7 Å². The van der Waals surface area contributed by atoms with E-state index in [9.17, 15) is 9.90 Å². The number of aliphatic hydroxyl groups excluding tert-OH is 1. The number of halogens is 1. The number of aliphatic hydroxyl groups is 1. The molecular weight excluding hydrogens is 562 g/mol. The van der Waals surface area contributed by atoms with Crippen molar-refractivity contribution in [3.8, 4) is 18.2 Å². The number of ether oxygens (including phenoxy) is 2. The molecule has 3 N–H and O–H groups in total. The molecule has 0 bridgehead atoms. The Morgan fingerprint density at radius 2 is 1.76 bits per heavy atom. The molecule has 0 saturated carbocycles. The van der Waals surface area contributed by atoms with Gasteiger partial charge in [0.15, 0.2) is 17.4 Å². The van der Waals surface area contributed by atoms with Crippen LogP contribution in [0.4, 0.5) is 4.79 Å². The van der Waals surface area contributed by atoms with Gasteiger partial charge in [0.1, 0.15) is 6.10 Å². The zero-order valence-electron chi connectivity index (χ0n) is 22.8. The van der Waals surface area contributed by atoms with Gasteiger partial charge in [-0.05, 0) is 27.0 Å². The summed E-state index contributed by atoms with van der Waals surface area (Å²) in [6.45, 7) is 6.67. The number of primary amides is 1. The SMILES string of the molecule is C#C[C@@H]1[C@@H](O)[C@H](n2cnc3c(OC(N)=O)nc(Cl)nc32)O[C@@H]1CO[Si](c1ccccc1)(c1ccccc1)C(C)(C)C. The maximum Gasteiger partial charge on any atom is 0.411 e. The quantitative estimate of drug-likeness (QED) is 0.190. The van der Waals surface area contributed by atoms with Crippen molar-refractivity contribution in [3.05, 3.63) is 72.3 Å². The molecule has 2 aromatic carbocycles. The standard InChI is InChI=1S/C29H30ClN5O5Si/c1-5-20-21(16-38-41(29(2,3)4,18-12-8-6-9-13-18)19-14-10-7-11-15-19)39-26(23(20)36)35-17-32-22-24(35)33-27(30)34-25(22)40-28(31)37/h1,6-15,17,20-21,23,26,36H,16H2,2-4H3,(H2,31,37)/t20-,21+,23+,26+/m0/s1. The minimum Gasteiger partial charge on any atom is -0.405 e. The Kier molecular flexibility index (Phi) is 7.87. The lowest BCUT2D eigenvalue weighted by Gasteiger charge is -2.43. The van der Waals surface area contributed by atoms with Crippen LogP contribution in [-0.2, 0) is 9.16 Å². The molecule has 1 amide bonds. The molecule has 4 atom stereocenters. The van der Waals surface area contributed by atoms with Crippen LogP contribution in [0.3, 0.4) is 0 Å². The van der Waals surface area contributed by atoms with Crippen molar-refractivity contribution < 1.29 is 23.8 Å². The predicted octanol–water partition coefficient (Wildman–Crippen LogP) is 3.02. The van der Waals surface area contributed by atoms with Crippen molar-refractivity contribution in [3.63, 3.8) is 0 Å². The van der Waals surface area contributed by atoms with Crippen molar-refractivity contribution in [1.29, 1.82) is 0 Å². The third-order valence-corrected chi connectivity index (χ3v) is 12.5. The zero-order chi connectivity index (χ0) is 29.4. The van der Waals surface area contributed by atoms with Gasteiger partial charge in [0.2, 0.25) is 5.28 Å². The van der Waals surface area contributed by atoms with Crippen LogP contribution in [0, 0.1) is 18.3 Å². The van der Waals surface area contributed by atoms with E-state index in [0.29, 0.717) is 0 Å². The molecule has 12 heteroatoms. The molecule has 0 radical (unpaired) electrons. The smallest absolute Gasteiger partial charge is 0.405 e. The van der Waals surface area contributed by atoms with Crippen LogP contribution in [0.1, 0.15) is 27.0 Å². The number of hydrogen-bond donors (Lipinski definition) is 2. The number of carbonyl (C=O) groups excluding carboxylic acids is 1. The van der Waals surface area contributed by atoms with Gasteiger partial charge in [-0.15, -0.1) is 6.42 Å². The third kappa shape index (κ3) is 5.21. The van der Waals surface area contributed by atoms with Crippen molar-refractivity contribution >= 4 is 47.5 Å². The summed E-state index contributed by atoms with van der Waals surface area (Å²) in [7, 11) is -2.89. The summed E-state index contributed by atoms with van der Waals surface area (Å²) in [6.07, 6.45) is 3.47. The van der Waals surface area contributed by atoms with Gasteiger partial charge in [0, 0.05) is 0 Å². The monoisotopic (exact) mass is 591 g/mol. The molecule has 1 saturated heterocycles. The summed E-state index contributed by atoms with van der Waals surface area (Å²) in [5.41, 5.74) is 5.45. The average molecular weight is 592 g/mol. The summed E-state index contributed by atoms with van der Waals surface area (Å²) in [4.78, 5) is 23.7. The normalized spacial score (nSPS) is 21.1. The molecule has 3 heterocycles. The summed E-state index contributed by atoms with van der Waals surface area (Å²) in [5.74, 6) is 1.78. The lowest BCUT2D eigenvalue weighted by molar-refractivity contribution is -0.0469. The molecular formula is C29H30ClN5O5Si. The number of fused-ring (bicyclic) bond motifs is 1. The van der Waals surface area contributed by atoms with E-state index in [2.05, 4.69) is 65.9 Å². The minimum atomic E-state index is -2.89. The van der Waals surface area contributed by atoms with Gasteiger partial charge in [-0.3, -0.25) is 4.57 Å². The van der Waals surface area contributed by atoms with Gasteiger partial charge in [0.25, 0.3) is 14.2 Å². The van der Waals surface area contributed by atoms with Crippen LogP contribution in [0.5, 0.6) is 5.88 Å². The number of benzene rings is 2. The van der Waals surface area contributed by atoms with Crippen LogP contribution in [-0.4, -0.2) is 57.9 Å². The number of rotatable bonds is 7. The van der Waals surface area contributed by atoms with Crippen molar-refractivity contribution in [2.45, 2.75) is 44.2 Å². The number of hydrogen-bond acceptors (Lipinski definition) is 8. The Labute approximate surface area is 243 Å². The van der Waals surface area contributed by atoms with Gasteiger partial charge < -0.3 is 24.7 Å². The zero-order valence-corrected chi connectivity index (χ0v) is 24.5. The fraction of sp³-hybridized carbons (Fsp3) is 0.310. The van der Waals surface area contributed by atoms with E-state index < -0.39 is 38.8 Å². The first-order valence-electron chi connectivity index (χ1n) is 13.0. The minimum absolute atomic E-state index is 0.119. The topological polar surface area (TPSA) is 135 Å². The first-order valence-corrected chi connectivity index (χ1v) is 15.3. The molecule has 212 valence electrons. The molecule has 1 fully saturated rings. The van der Waals surface area contributed by atoms with E-state index in [-0.39, 0.29) is 34.0 Å². The number of nitrogens with zero attached hydrogens (tertiary/aromatic N) is 4. The number of amides is 1. The summed E-state index contributed by atoms with van der Waals surface area (Å²) in [5, 5.41) is 13.1. The second kappa shape index (κ2) is 11.2. The number of imidazole rings is 1. The van der Waals surface area contributed by atoms with Crippen LogP contribution < -0.4 is 20.8 Å². The second-order valence-corrected chi connectivity index (χ2v) is 15.4. The van der Waals surface area contributed by atoms with Gasteiger partial charge in [-0.2, -0.15) is 9.97 Å². The van der Waals surface area contributed by atoms with Crippen LogP contribution >= 0.6 is 11.6 Å². The van der Waals surface area contributed by atoms with E-state index in [1.165, 1.54) is 10.9 Å². The lowest BCUT2D eigenvalue weighted by atomic mass is 9.99. The highest BCUT2D eigenvalue weighted by Gasteiger charge is 2.52.